The number of nitrogens with zero attached hydrogens (tertiary/aromatic N) is 2. The van der Waals surface area contributed by atoms with Gasteiger partial charge in [0.1, 0.15) is 11.6 Å². The van der Waals surface area contributed by atoms with Gasteiger partial charge in [-0.15, -0.1) is 0 Å². The van der Waals surface area contributed by atoms with Crippen LogP contribution >= 0.6 is 0 Å². The second-order valence-corrected chi connectivity index (χ2v) is 5.34. The molecule has 0 spiro atoms. The summed E-state index contributed by atoms with van der Waals surface area (Å²) in [6.45, 7) is 7.18. The largest absolute Gasteiger partial charge is 0.373 e. The minimum absolute atomic E-state index is 0.0348. The number of nitro groups is 1. The van der Waals surface area contributed by atoms with Gasteiger partial charge in [-0.1, -0.05) is 20.8 Å². The van der Waals surface area contributed by atoms with Gasteiger partial charge in [-0.2, -0.15) is 0 Å². The zero-order valence-electron chi connectivity index (χ0n) is 11.3. The molecule has 0 aliphatic heterocycles. The van der Waals surface area contributed by atoms with Crippen LogP contribution in [0.3, 0.4) is 0 Å². The van der Waals surface area contributed by atoms with Crippen molar-refractivity contribution in [1.29, 1.82) is 0 Å². The summed E-state index contributed by atoms with van der Waals surface area (Å²) in [5.41, 5.74) is 0.257. The molecule has 18 heavy (non-hydrogen) atoms. The van der Waals surface area contributed by atoms with Crippen LogP contribution in [0.2, 0.25) is 0 Å². The summed E-state index contributed by atoms with van der Waals surface area (Å²) in [6.07, 6.45) is 0.965. The van der Waals surface area contributed by atoms with Crippen molar-refractivity contribution in [1.82, 2.24) is 4.98 Å². The van der Waals surface area contributed by atoms with E-state index in [9.17, 15) is 10.1 Å². The maximum atomic E-state index is 10.8. The van der Waals surface area contributed by atoms with E-state index in [-0.39, 0.29) is 11.1 Å². The van der Waals surface area contributed by atoms with E-state index in [2.05, 4.69) is 36.4 Å². The third kappa shape index (κ3) is 4.57. The van der Waals surface area contributed by atoms with E-state index >= 15 is 0 Å². The second-order valence-electron chi connectivity index (χ2n) is 5.34. The molecule has 0 aliphatic carbocycles. The minimum Gasteiger partial charge on any atom is -0.373 e. The highest BCUT2D eigenvalue weighted by Crippen LogP contribution is 2.22. The molecule has 1 rings (SSSR count). The predicted molar refractivity (Wildman–Crippen MR) is 73.0 cm³/mol. The Hall–Kier alpha value is -1.85. The Morgan fingerprint density at radius 1 is 1.33 bits per heavy atom. The van der Waals surface area contributed by atoms with Crippen LogP contribution in [0.15, 0.2) is 12.1 Å². The Kier molecular flexibility index (Phi) is 4.47. The number of aromatic nitrogens is 1. The third-order valence-electron chi connectivity index (χ3n) is 2.46. The molecule has 0 radical (unpaired) electrons. The first-order valence-electron chi connectivity index (χ1n) is 5.90. The predicted octanol–water partition coefficient (Wildman–Crippen LogP) is 2.88. The van der Waals surface area contributed by atoms with E-state index in [0.29, 0.717) is 11.6 Å². The summed E-state index contributed by atoms with van der Waals surface area (Å²) in [6, 6.07) is 2.86. The number of hydrogen-bond donors (Lipinski definition) is 2. The zero-order valence-corrected chi connectivity index (χ0v) is 11.3. The summed E-state index contributed by atoms with van der Waals surface area (Å²) in [4.78, 5) is 14.6. The van der Waals surface area contributed by atoms with Gasteiger partial charge in [-0.25, -0.2) is 4.98 Å². The van der Waals surface area contributed by atoms with Crippen molar-refractivity contribution in [2.24, 2.45) is 5.41 Å². The van der Waals surface area contributed by atoms with E-state index < -0.39 is 4.92 Å². The molecule has 0 fully saturated rings. The number of nitrogens with one attached hydrogen (secondary N) is 2. The smallest absolute Gasteiger partial charge is 0.276 e. The highest BCUT2D eigenvalue weighted by molar-refractivity contribution is 5.54. The van der Waals surface area contributed by atoms with E-state index in [1.807, 2.05) is 0 Å². The molecule has 2 N–H and O–H groups in total. The lowest BCUT2D eigenvalue weighted by Gasteiger charge is -2.18. The summed E-state index contributed by atoms with van der Waals surface area (Å²) < 4.78 is 0. The van der Waals surface area contributed by atoms with Gasteiger partial charge in [-0.05, 0) is 11.8 Å². The Labute approximate surface area is 107 Å². The third-order valence-corrected chi connectivity index (χ3v) is 2.46. The van der Waals surface area contributed by atoms with Crippen molar-refractivity contribution in [2.75, 3.05) is 24.2 Å². The molecule has 6 nitrogen and oxygen atoms in total. The van der Waals surface area contributed by atoms with Crippen molar-refractivity contribution >= 4 is 17.3 Å². The molecule has 0 saturated carbocycles. The maximum absolute atomic E-state index is 10.8. The molecule has 0 saturated heterocycles. The SMILES string of the molecule is CNc1cc([N+](=O)[O-])cc(NCCC(C)(C)C)n1. The fourth-order valence-electron chi connectivity index (χ4n) is 1.41. The van der Waals surface area contributed by atoms with Gasteiger partial charge in [0.05, 0.1) is 17.1 Å². The Morgan fingerprint density at radius 3 is 2.44 bits per heavy atom. The molecule has 0 amide bonds. The Balaban J connectivity index is 2.76. The minimum atomic E-state index is -0.419. The molecule has 0 bridgehead atoms. The van der Waals surface area contributed by atoms with Crippen LogP contribution in [0.5, 0.6) is 0 Å². The quantitative estimate of drug-likeness (QED) is 0.622. The molecule has 1 aromatic heterocycles. The van der Waals surface area contributed by atoms with Crippen LogP contribution in [0.4, 0.5) is 17.3 Å². The number of anilines is 2. The van der Waals surface area contributed by atoms with Crippen LogP contribution in [-0.2, 0) is 0 Å². The first kappa shape index (κ1) is 14.2. The van der Waals surface area contributed by atoms with Gasteiger partial charge in [0.15, 0.2) is 0 Å². The molecule has 0 atom stereocenters. The van der Waals surface area contributed by atoms with Crippen molar-refractivity contribution in [2.45, 2.75) is 27.2 Å². The second kappa shape index (κ2) is 5.66. The normalized spacial score (nSPS) is 11.1. The number of hydrogen-bond acceptors (Lipinski definition) is 5. The number of rotatable bonds is 5. The van der Waals surface area contributed by atoms with Crippen LogP contribution in [-0.4, -0.2) is 23.5 Å². The van der Waals surface area contributed by atoms with Crippen LogP contribution < -0.4 is 10.6 Å². The van der Waals surface area contributed by atoms with Crippen LogP contribution in [0, 0.1) is 15.5 Å². The van der Waals surface area contributed by atoms with Crippen molar-refractivity contribution < 1.29 is 4.92 Å². The lowest BCUT2D eigenvalue weighted by Crippen LogP contribution is -2.13. The van der Waals surface area contributed by atoms with Gasteiger partial charge >= 0.3 is 0 Å². The fraction of sp³-hybridized carbons (Fsp3) is 0.583. The zero-order chi connectivity index (χ0) is 13.8. The van der Waals surface area contributed by atoms with E-state index in [1.54, 1.807) is 7.05 Å². The molecule has 1 aromatic rings. The molecular weight excluding hydrogens is 232 g/mol. The van der Waals surface area contributed by atoms with Crippen molar-refractivity contribution in [3.05, 3.63) is 22.2 Å². The standard InChI is InChI=1S/C12H20N4O2/c1-12(2,3)5-6-14-11-8-9(16(17)18)7-10(13-4)15-11/h7-8H,5-6H2,1-4H3,(H2,13,14,15). The van der Waals surface area contributed by atoms with E-state index in [1.165, 1.54) is 12.1 Å². The molecular formula is C12H20N4O2. The van der Waals surface area contributed by atoms with Gasteiger partial charge in [0.2, 0.25) is 0 Å². The Bertz CT molecular complexity index is 427. The average molecular weight is 252 g/mol. The lowest BCUT2D eigenvalue weighted by molar-refractivity contribution is -0.384. The molecule has 6 heteroatoms. The molecule has 0 aliphatic rings. The van der Waals surface area contributed by atoms with Crippen LogP contribution in [0.1, 0.15) is 27.2 Å². The molecule has 100 valence electrons. The average Bonchev–Trinajstić information content (AvgIpc) is 2.26. The first-order chi connectivity index (χ1) is 8.31. The first-order valence-corrected chi connectivity index (χ1v) is 5.90. The maximum Gasteiger partial charge on any atom is 0.276 e. The summed E-state index contributed by atoms with van der Waals surface area (Å²) in [7, 11) is 1.69. The topological polar surface area (TPSA) is 80.1 Å². The van der Waals surface area contributed by atoms with Gasteiger partial charge in [-0.3, -0.25) is 10.1 Å². The monoisotopic (exact) mass is 252 g/mol. The summed E-state index contributed by atoms with van der Waals surface area (Å²) in [5.74, 6) is 1.01. The van der Waals surface area contributed by atoms with Crippen molar-refractivity contribution in [3.8, 4) is 0 Å². The van der Waals surface area contributed by atoms with Gasteiger partial charge in [0, 0.05) is 13.6 Å². The Morgan fingerprint density at radius 2 is 1.94 bits per heavy atom. The summed E-state index contributed by atoms with van der Waals surface area (Å²) in [5, 5.41) is 16.7. The molecule has 1 heterocycles. The highest BCUT2D eigenvalue weighted by atomic mass is 16.6. The van der Waals surface area contributed by atoms with Gasteiger partial charge < -0.3 is 10.6 Å². The number of pyridine rings is 1. The molecule has 0 unspecified atom stereocenters. The summed E-state index contributed by atoms with van der Waals surface area (Å²) >= 11 is 0. The van der Waals surface area contributed by atoms with Crippen molar-refractivity contribution in [3.63, 3.8) is 0 Å². The van der Waals surface area contributed by atoms with E-state index in [4.69, 9.17) is 0 Å². The highest BCUT2D eigenvalue weighted by Gasteiger charge is 2.12. The fourth-order valence-corrected chi connectivity index (χ4v) is 1.41. The van der Waals surface area contributed by atoms with Crippen LogP contribution in [0.25, 0.3) is 0 Å². The van der Waals surface area contributed by atoms with E-state index in [0.717, 1.165) is 13.0 Å². The van der Waals surface area contributed by atoms with Gasteiger partial charge in [0.25, 0.3) is 5.69 Å². The lowest BCUT2D eigenvalue weighted by atomic mass is 9.92. The molecule has 0 aromatic carbocycles.